The fraction of sp³-hybridized carbons (Fsp3) is 1.00. The second-order valence-corrected chi connectivity index (χ2v) is 5.24. The van der Waals surface area contributed by atoms with Crippen LogP contribution in [0.25, 0.3) is 0 Å². The Morgan fingerprint density at radius 3 is 2.33 bits per heavy atom. The average molecular weight is 167 g/mol. The summed E-state index contributed by atoms with van der Waals surface area (Å²) in [5.41, 5.74) is 0.438. The molecule has 0 radical (unpaired) electrons. The molecule has 1 aliphatic carbocycles. The third-order valence-electron chi connectivity index (χ3n) is 3.08. The molecule has 2 rings (SSSR count). The summed E-state index contributed by atoms with van der Waals surface area (Å²) in [6.07, 6.45) is 2.75. The SMILES string of the molecule is CC(C)(C)C1CN=[N+](C2CC2)C1. The zero-order valence-corrected chi connectivity index (χ0v) is 8.38. The van der Waals surface area contributed by atoms with Gasteiger partial charge in [-0.25, -0.2) is 0 Å². The molecule has 2 heteroatoms. The van der Waals surface area contributed by atoms with E-state index >= 15 is 0 Å². The predicted octanol–water partition coefficient (Wildman–Crippen LogP) is 2.29. The van der Waals surface area contributed by atoms with Crippen LogP contribution in [0, 0.1) is 11.3 Å². The minimum Gasteiger partial charge on any atom is -0.124 e. The smallest absolute Gasteiger partial charge is 0.124 e. The van der Waals surface area contributed by atoms with Gasteiger partial charge in [0.15, 0.2) is 12.6 Å². The summed E-state index contributed by atoms with van der Waals surface area (Å²) in [7, 11) is 0. The van der Waals surface area contributed by atoms with Gasteiger partial charge in [0.05, 0.1) is 5.92 Å². The van der Waals surface area contributed by atoms with Gasteiger partial charge in [-0.2, -0.15) is 0 Å². The van der Waals surface area contributed by atoms with Gasteiger partial charge in [-0.15, -0.1) is 4.70 Å². The van der Waals surface area contributed by atoms with E-state index in [1.54, 1.807) is 0 Å². The van der Waals surface area contributed by atoms with Gasteiger partial charge < -0.3 is 0 Å². The molecule has 0 N–H and O–H groups in total. The number of hydrogen-bond donors (Lipinski definition) is 0. The van der Waals surface area contributed by atoms with Crippen molar-refractivity contribution in [3.63, 3.8) is 0 Å². The van der Waals surface area contributed by atoms with Crippen molar-refractivity contribution in [1.29, 1.82) is 0 Å². The molecule has 0 amide bonds. The van der Waals surface area contributed by atoms with E-state index < -0.39 is 0 Å². The molecule has 1 saturated carbocycles. The molecule has 12 heavy (non-hydrogen) atoms. The molecule has 0 spiro atoms. The zero-order chi connectivity index (χ0) is 8.77. The lowest BCUT2D eigenvalue weighted by molar-refractivity contribution is -0.598. The minimum absolute atomic E-state index is 0.438. The lowest BCUT2D eigenvalue weighted by Gasteiger charge is -2.22. The molecule has 0 saturated heterocycles. The van der Waals surface area contributed by atoms with Crippen LogP contribution >= 0.6 is 0 Å². The standard InChI is InChI=1S/C10H19N2/c1-10(2,3)8-6-11-12(7-8)9-4-5-9/h8-9H,4-7H2,1-3H3/q+1. The van der Waals surface area contributed by atoms with E-state index in [4.69, 9.17) is 0 Å². The molecule has 0 aromatic rings. The quantitative estimate of drug-likeness (QED) is 0.532. The van der Waals surface area contributed by atoms with Gasteiger partial charge in [-0.1, -0.05) is 20.8 Å². The van der Waals surface area contributed by atoms with Crippen molar-refractivity contribution in [2.45, 2.75) is 39.7 Å². The highest BCUT2D eigenvalue weighted by Crippen LogP contribution is 2.33. The van der Waals surface area contributed by atoms with Crippen molar-refractivity contribution in [1.82, 2.24) is 0 Å². The van der Waals surface area contributed by atoms with E-state index in [9.17, 15) is 0 Å². The van der Waals surface area contributed by atoms with Gasteiger partial charge in [0.2, 0.25) is 0 Å². The van der Waals surface area contributed by atoms with Gasteiger partial charge in [0, 0.05) is 12.8 Å². The summed E-state index contributed by atoms with van der Waals surface area (Å²) in [6, 6.07) is 0.817. The molecule has 1 heterocycles. The van der Waals surface area contributed by atoms with Crippen LogP contribution in [0.2, 0.25) is 0 Å². The molecule has 0 aromatic carbocycles. The molecule has 2 aliphatic rings. The van der Waals surface area contributed by atoms with Crippen molar-refractivity contribution in [3.8, 4) is 0 Å². The van der Waals surface area contributed by atoms with Gasteiger partial charge in [-0.3, -0.25) is 0 Å². The Bertz CT molecular complexity index is 208. The summed E-state index contributed by atoms with van der Waals surface area (Å²) in [5, 5.41) is 4.58. The van der Waals surface area contributed by atoms with E-state index in [0.717, 1.165) is 18.5 Å². The van der Waals surface area contributed by atoms with E-state index in [2.05, 4.69) is 30.6 Å². The first-order valence-corrected chi connectivity index (χ1v) is 5.01. The third-order valence-corrected chi connectivity index (χ3v) is 3.08. The molecule has 2 nitrogen and oxygen atoms in total. The number of rotatable bonds is 1. The number of azo groups is 2. The highest BCUT2D eigenvalue weighted by molar-refractivity contribution is 4.79. The van der Waals surface area contributed by atoms with Gasteiger partial charge in [0.1, 0.15) is 6.54 Å². The summed E-state index contributed by atoms with van der Waals surface area (Å²) < 4.78 is 2.33. The second kappa shape index (κ2) is 2.54. The van der Waals surface area contributed by atoms with E-state index in [1.807, 2.05) is 0 Å². The van der Waals surface area contributed by atoms with E-state index in [1.165, 1.54) is 19.4 Å². The Kier molecular flexibility index (Phi) is 1.74. The minimum atomic E-state index is 0.438. The van der Waals surface area contributed by atoms with Crippen molar-refractivity contribution in [3.05, 3.63) is 0 Å². The summed E-state index contributed by atoms with van der Waals surface area (Å²) in [5.74, 6) is 0.776. The van der Waals surface area contributed by atoms with Crippen LogP contribution in [-0.4, -0.2) is 23.8 Å². The normalized spacial score (nSPS) is 30.6. The molecule has 1 unspecified atom stereocenters. The topological polar surface area (TPSA) is 15.4 Å². The molecule has 1 atom stereocenters. The van der Waals surface area contributed by atoms with E-state index in [0.29, 0.717) is 5.41 Å². The Hall–Kier alpha value is -0.400. The maximum Gasteiger partial charge on any atom is 0.178 e. The monoisotopic (exact) mass is 167 g/mol. The Balaban J connectivity index is 1.94. The van der Waals surface area contributed by atoms with Crippen LogP contribution in [0.4, 0.5) is 0 Å². The highest BCUT2D eigenvalue weighted by atomic mass is 15.3. The molecule has 0 bridgehead atoms. The first-order valence-electron chi connectivity index (χ1n) is 5.01. The molecule has 1 aliphatic heterocycles. The van der Waals surface area contributed by atoms with Crippen LogP contribution in [0.3, 0.4) is 0 Å². The van der Waals surface area contributed by atoms with Crippen LogP contribution in [0.15, 0.2) is 5.11 Å². The Morgan fingerprint density at radius 2 is 1.92 bits per heavy atom. The zero-order valence-electron chi connectivity index (χ0n) is 8.38. The highest BCUT2D eigenvalue weighted by Gasteiger charge is 2.42. The second-order valence-electron chi connectivity index (χ2n) is 5.24. The Morgan fingerprint density at radius 1 is 1.25 bits per heavy atom. The lowest BCUT2D eigenvalue weighted by atomic mass is 9.81. The summed E-state index contributed by atoms with van der Waals surface area (Å²) in [4.78, 5) is 0. The average Bonchev–Trinajstić information content (AvgIpc) is 2.66. The predicted molar refractivity (Wildman–Crippen MR) is 48.4 cm³/mol. The van der Waals surface area contributed by atoms with Crippen LogP contribution in [0.1, 0.15) is 33.6 Å². The lowest BCUT2D eigenvalue weighted by Crippen LogP contribution is -2.26. The fourth-order valence-corrected chi connectivity index (χ4v) is 1.73. The van der Waals surface area contributed by atoms with Gasteiger partial charge >= 0.3 is 0 Å². The van der Waals surface area contributed by atoms with Crippen molar-refractivity contribution < 1.29 is 4.70 Å². The van der Waals surface area contributed by atoms with Gasteiger partial charge in [0.25, 0.3) is 0 Å². The molecular weight excluding hydrogens is 148 g/mol. The fourth-order valence-electron chi connectivity index (χ4n) is 1.73. The van der Waals surface area contributed by atoms with Crippen LogP contribution in [0.5, 0.6) is 0 Å². The van der Waals surface area contributed by atoms with E-state index in [-0.39, 0.29) is 0 Å². The van der Waals surface area contributed by atoms with Crippen molar-refractivity contribution in [2.75, 3.05) is 13.1 Å². The largest absolute Gasteiger partial charge is 0.178 e. The summed E-state index contributed by atoms with van der Waals surface area (Å²) >= 11 is 0. The third kappa shape index (κ3) is 1.52. The maximum absolute atomic E-state index is 4.58. The maximum atomic E-state index is 4.58. The first kappa shape index (κ1) is 8.21. The van der Waals surface area contributed by atoms with Crippen molar-refractivity contribution in [2.24, 2.45) is 16.4 Å². The molecular formula is C10H19N2+. The van der Waals surface area contributed by atoms with Crippen LogP contribution < -0.4 is 0 Å². The number of nitrogens with zero attached hydrogens (tertiary/aromatic N) is 2. The molecule has 0 aromatic heterocycles. The van der Waals surface area contributed by atoms with Crippen molar-refractivity contribution >= 4 is 0 Å². The number of hydrogen-bond acceptors (Lipinski definition) is 1. The molecule has 68 valence electrons. The first-order chi connectivity index (χ1) is 5.57. The summed E-state index contributed by atoms with van der Waals surface area (Å²) in [6.45, 7) is 9.23. The van der Waals surface area contributed by atoms with Crippen LogP contribution in [-0.2, 0) is 0 Å². The Labute approximate surface area is 74.7 Å². The van der Waals surface area contributed by atoms with Gasteiger partial charge in [-0.05, 0) is 10.5 Å². The molecule has 1 fully saturated rings.